The van der Waals surface area contributed by atoms with Crippen molar-refractivity contribution in [2.24, 2.45) is 5.92 Å². The average molecular weight is 272 g/mol. The SMILES string of the molecule is IC[C@H]1CCc2ccccc2C1. The highest BCUT2D eigenvalue weighted by Gasteiger charge is 2.16. The van der Waals surface area contributed by atoms with Gasteiger partial charge < -0.3 is 0 Å². The minimum absolute atomic E-state index is 0.931. The second kappa shape index (κ2) is 3.77. The molecule has 0 unspecified atom stereocenters. The van der Waals surface area contributed by atoms with Crippen LogP contribution in [0, 0.1) is 5.92 Å². The van der Waals surface area contributed by atoms with Gasteiger partial charge in [0.15, 0.2) is 0 Å². The van der Waals surface area contributed by atoms with Crippen LogP contribution in [0.5, 0.6) is 0 Å². The molecule has 1 aromatic carbocycles. The molecule has 12 heavy (non-hydrogen) atoms. The van der Waals surface area contributed by atoms with Crippen molar-refractivity contribution in [3.8, 4) is 0 Å². The zero-order chi connectivity index (χ0) is 8.39. The Labute approximate surface area is 87.5 Å². The zero-order valence-electron chi connectivity index (χ0n) is 7.09. The van der Waals surface area contributed by atoms with E-state index < -0.39 is 0 Å². The molecule has 0 spiro atoms. The summed E-state index contributed by atoms with van der Waals surface area (Å²) in [4.78, 5) is 0. The van der Waals surface area contributed by atoms with Crippen molar-refractivity contribution in [3.63, 3.8) is 0 Å². The first-order valence-electron chi connectivity index (χ1n) is 4.53. The van der Waals surface area contributed by atoms with E-state index in [0.29, 0.717) is 0 Å². The van der Waals surface area contributed by atoms with Crippen LogP contribution in [-0.2, 0) is 12.8 Å². The van der Waals surface area contributed by atoms with Crippen molar-refractivity contribution in [3.05, 3.63) is 35.4 Å². The van der Waals surface area contributed by atoms with E-state index in [0.717, 1.165) is 5.92 Å². The summed E-state index contributed by atoms with van der Waals surface area (Å²) in [6.07, 6.45) is 3.99. The molecule has 1 heteroatoms. The van der Waals surface area contributed by atoms with Crippen LogP contribution in [-0.4, -0.2) is 4.43 Å². The number of fused-ring (bicyclic) bond motifs is 1. The molecule has 0 bridgehead atoms. The third-order valence-electron chi connectivity index (χ3n) is 2.67. The van der Waals surface area contributed by atoms with Crippen molar-refractivity contribution in [2.45, 2.75) is 19.3 Å². The molecular weight excluding hydrogens is 259 g/mol. The normalized spacial score (nSPS) is 21.9. The summed E-state index contributed by atoms with van der Waals surface area (Å²) in [5, 5.41) is 0. The molecule has 0 nitrogen and oxygen atoms in total. The van der Waals surface area contributed by atoms with Crippen LogP contribution in [0.15, 0.2) is 24.3 Å². The Morgan fingerprint density at radius 3 is 2.75 bits per heavy atom. The van der Waals surface area contributed by atoms with Crippen molar-refractivity contribution >= 4 is 22.6 Å². The molecule has 1 aliphatic carbocycles. The molecule has 1 atom stereocenters. The first-order valence-corrected chi connectivity index (χ1v) is 6.05. The lowest BCUT2D eigenvalue weighted by molar-refractivity contribution is 0.516. The van der Waals surface area contributed by atoms with Crippen LogP contribution in [0.4, 0.5) is 0 Å². The predicted molar refractivity (Wildman–Crippen MR) is 60.8 cm³/mol. The molecule has 1 aromatic rings. The Morgan fingerprint density at radius 1 is 1.25 bits per heavy atom. The third-order valence-corrected chi connectivity index (χ3v) is 3.91. The predicted octanol–water partition coefficient (Wildman–Crippen LogP) is 3.23. The molecule has 0 saturated heterocycles. The highest BCUT2D eigenvalue weighted by Crippen LogP contribution is 2.26. The highest BCUT2D eigenvalue weighted by atomic mass is 127. The monoisotopic (exact) mass is 272 g/mol. The van der Waals surface area contributed by atoms with E-state index in [9.17, 15) is 0 Å². The fraction of sp³-hybridized carbons (Fsp3) is 0.455. The van der Waals surface area contributed by atoms with E-state index in [1.807, 2.05) is 0 Å². The lowest BCUT2D eigenvalue weighted by Gasteiger charge is -2.22. The highest BCUT2D eigenvalue weighted by molar-refractivity contribution is 14.1. The standard InChI is InChI=1S/C11H13I/c12-8-9-5-6-10-3-1-2-4-11(10)7-9/h1-4,9H,5-8H2/t9-/m0/s1. The van der Waals surface area contributed by atoms with Crippen molar-refractivity contribution in [1.82, 2.24) is 0 Å². The maximum atomic E-state index is 2.51. The molecule has 2 rings (SSSR count). The van der Waals surface area contributed by atoms with Crippen LogP contribution >= 0.6 is 22.6 Å². The van der Waals surface area contributed by atoms with Gasteiger partial charge in [0, 0.05) is 4.43 Å². The quantitative estimate of drug-likeness (QED) is 0.544. The molecule has 0 aliphatic heterocycles. The molecule has 0 radical (unpaired) electrons. The zero-order valence-corrected chi connectivity index (χ0v) is 9.25. The molecule has 0 saturated carbocycles. The fourth-order valence-electron chi connectivity index (χ4n) is 1.90. The summed E-state index contributed by atoms with van der Waals surface area (Å²) in [5.74, 6) is 0.931. The van der Waals surface area contributed by atoms with Gasteiger partial charge in [-0.2, -0.15) is 0 Å². The summed E-state index contributed by atoms with van der Waals surface area (Å²) in [6.45, 7) is 0. The van der Waals surface area contributed by atoms with E-state index in [1.54, 1.807) is 11.1 Å². The Balaban J connectivity index is 2.23. The van der Waals surface area contributed by atoms with Gasteiger partial charge in [0.2, 0.25) is 0 Å². The van der Waals surface area contributed by atoms with Gasteiger partial charge in [0.1, 0.15) is 0 Å². The Kier molecular flexibility index (Phi) is 2.69. The van der Waals surface area contributed by atoms with Gasteiger partial charge >= 0.3 is 0 Å². The Morgan fingerprint density at radius 2 is 2.00 bits per heavy atom. The number of rotatable bonds is 1. The lowest BCUT2D eigenvalue weighted by atomic mass is 9.85. The van der Waals surface area contributed by atoms with E-state index in [4.69, 9.17) is 0 Å². The molecule has 0 heterocycles. The number of benzene rings is 1. The first-order chi connectivity index (χ1) is 5.90. The van der Waals surface area contributed by atoms with Gasteiger partial charge in [-0.25, -0.2) is 0 Å². The number of alkyl halides is 1. The summed E-state index contributed by atoms with van der Waals surface area (Å²) in [7, 11) is 0. The molecule has 0 fully saturated rings. The summed E-state index contributed by atoms with van der Waals surface area (Å²) in [6, 6.07) is 8.88. The summed E-state index contributed by atoms with van der Waals surface area (Å²) in [5.41, 5.74) is 3.17. The van der Waals surface area contributed by atoms with Crippen molar-refractivity contribution < 1.29 is 0 Å². The Hall–Kier alpha value is -0.0500. The van der Waals surface area contributed by atoms with Gasteiger partial charge in [0.05, 0.1) is 0 Å². The fourth-order valence-corrected chi connectivity index (χ4v) is 2.66. The molecule has 1 aliphatic rings. The largest absolute Gasteiger partial charge is 0.0861 e. The van der Waals surface area contributed by atoms with Gasteiger partial charge in [-0.1, -0.05) is 46.9 Å². The van der Waals surface area contributed by atoms with Crippen LogP contribution < -0.4 is 0 Å². The number of aryl methyl sites for hydroxylation is 1. The maximum Gasteiger partial charge on any atom is 0.00269 e. The smallest absolute Gasteiger partial charge is 0.00269 e. The van der Waals surface area contributed by atoms with Crippen molar-refractivity contribution in [1.29, 1.82) is 0 Å². The summed E-state index contributed by atoms with van der Waals surface area (Å²) < 4.78 is 1.31. The third kappa shape index (κ3) is 1.65. The van der Waals surface area contributed by atoms with E-state index >= 15 is 0 Å². The average Bonchev–Trinajstić information content (AvgIpc) is 2.17. The second-order valence-electron chi connectivity index (χ2n) is 3.53. The maximum absolute atomic E-state index is 2.51. The van der Waals surface area contributed by atoms with Gasteiger partial charge in [0.25, 0.3) is 0 Å². The van der Waals surface area contributed by atoms with E-state index in [1.165, 1.54) is 23.7 Å². The minimum atomic E-state index is 0.931. The van der Waals surface area contributed by atoms with Gasteiger partial charge in [-0.05, 0) is 36.3 Å². The number of hydrogen-bond acceptors (Lipinski definition) is 0. The van der Waals surface area contributed by atoms with Crippen LogP contribution in [0.2, 0.25) is 0 Å². The molecular formula is C11H13I. The van der Waals surface area contributed by atoms with Gasteiger partial charge in [-0.3, -0.25) is 0 Å². The summed E-state index contributed by atoms with van der Waals surface area (Å²) >= 11 is 2.51. The second-order valence-corrected chi connectivity index (χ2v) is 4.41. The number of halogens is 1. The van der Waals surface area contributed by atoms with Crippen molar-refractivity contribution in [2.75, 3.05) is 4.43 Å². The molecule has 0 amide bonds. The lowest BCUT2D eigenvalue weighted by Crippen LogP contribution is -2.14. The topological polar surface area (TPSA) is 0 Å². The first kappa shape index (κ1) is 8.54. The van der Waals surface area contributed by atoms with E-state index in [2.05, 4.69) is 46.9 Å². The van der Waals surface area contributed by atoms with E-state index in [-0.39, 0.29) is 0 Å². The molecule has 0 N–H and O–H groups in total. The minimum Gasteiger partial charge on any atom is -0.0861 e. The van der Waals surface area contributed by atoms with Crippen LogP contribution in [0.25, 0.3) is 0 Å². The Bertz CT molecular complexity index is 267. The molecule has 64 valence electrons. The van der Waals surface area contributed by atoms with Crippen LogP contribution in [0.3, 0.4) is 0 Å². The number of hydrogen-bond donors (Lipinski definition) is 0. The molecule has 0 aromatic heterocycles. The van der Waals surface area contributed by atoms with Gasteiger partial charge in [-0.15, -0.1) is 0 Å². The van der Waals surface area contributed by atoms with Crippen LogP contribution in [0.1, 0.15) is 17.5 Å².